The maximum absolute atomic E-state index is 11.3. The van der Waals surface area contributed by atoms with Crippen molar-refractivity contribution in [3.63, 3.8) is 0 Å². The number of nitrogens with one attached hydrogen (secondary N) is 1. The maximum atomic E-state index is 11.3. The van der Waals surface area contributed by atoms with Crippen molar-refractivity contribution in [1.82, 2.24) is 5.32 Å². The Balaban J connectivity index is 0.000000331. The van der Waals surface area contributed by atoms with Gasteiger partial charge in [0.05, 0.1) is 0 Å². The highest BCUT2D eigenvalue weighted by molar-refractivity contribution is 8.02. The molecule has 0 saturated heterocycles. The number of nitrogens with zero attached hydrogens (tertiary/aromatic N) is 1. The van der Waals surface area contributed by atoms with Crippen LogP contribution in [0.15, 0.2) is 47.9 Å². The molecule has 1 amide bonds. The second-order valence-electron chi connectivity index (χ2n) is 7.71. The van der Waals surface area contributed by atoms with Gasteiger partial charge >= 0.3 is 0 Å². The topological polar surface area (TPSA) is 90.7 Å². The van der Waals surface area contributed by atoms with E-state index in [-0.39, 0.29) is 18.6 Å². The van der Waals surface area contributed by atoms with E-state index in [0.717, 1.165) is 24.5 Å². The van der Waals surface area contributed by atoms with Crippen LogP contribution in [-0.2, 0) is 9.63 Å². The number of hydrogen-bond donors (Lipinski definition) is 1. The molecule has 1 atom stereocenters. The van der Waals surface area contributed by atoms with Gasteiger partial charge in [0.25, 0.3) is 5.09 Å². The molecule has 1 N–H and O–H groups in total. The van der Waals surface area contributed by atoms with E-state index in [0.29, 0.717) is 17.4 Å². The molecule has 1 aromatic carbocycles. The molecule has 0 radical (unpaired) electrons. The Labute approximate surface area is 206 Å². The monoisotopic (exact) mass is 498 g/mol. The van der Waals surface area contributed by atoms with Crippen molar-refractivity contribution in [3.05, 3.63) is 63.0 Å². The first-order chi connectivity index (χ1) is 15.9. The van der Waals surface area contributed by atoms with Crippen LogP contribution in [-0.4, -0.2) is 29.6 Å². The van der Waals surface area contributed by atoms with E-state index in [1.165, 1.54) is 25.7 Å². The fraction of sp³-hybridized carbons (Fsp3) is 0.542. The third-order valence-corrected chi connectivity index (χ3v) is 5.62. The molecular formula is C24H35ClN2O5S. The predicted octanol–water partition coefficient (Wildman–Crippen LogP) is 6.56. The van der Waals surface area contributed by atoms with Crippen LogP contribution in [0.5, 0.6) is 5.75 Å². The van der Waals surface area contributed by atoms with E-state index in [1.807, 2.05) is 43.3 Å². The quantitative estimate of drug-likeness (QED) is 0.109. The summed E-state index contributed by atoms with van der Waals surface area (Å²) in [4.78, 5) is 25.3. The fourth-order valence-corrected chi connectivity index (χ4v) is 3.92. The van der Waals surface area contributed by atoms with E-state index in [2.05, 4.69) is 21.6 Å². The van der Waals surface area contributed by atoms with Gasteiger partial charge in [-0.1, -0.05) is 60.5 Å². The van der Waals surface area contributed by atoms with E-state index < -0.39 is 5.09 Å². The van der Waals surface area contributed by atoms with Crippen LogP contribution in [0, 0.1) is 16.0 Å². The number of halogens is 1. The second kappa shape index (κ2) is 18.3. The summed E-state index contributed by atoms with van der Waals surface area (Å²) in [6.45, 7) is 3.47. The zero-order valence-corrected chi connectivity index (χ0v) is 21.0. The van der Waals surface area contributed by atoms with Gasteiger partial charge in [0.1, 0.15) is 18.3 Å². The van der Waals surface area contributed by atoms with E-state index >= 15 is 0 Å². The van der Waals surface area contributed by atoms with Gasteiger partial charge < -0.3 is 14.9 Å². The van der Waals surface area contributed by atoms with Crippen LogP contribution in [0.3, 0.4) is 0 Å². The lowest BCUT2D eigenvalue weighted by Gasteiger charge is -2.11. The Morgan fingerprint density at radius 3 is 2.82 bits per heavy atom. The minimum absolute atomic E-state index is 0.107. The van der Waals surface area contributed by atoms with Crippen molar-refractivity contribution in [2.24, 2.45) is 5.92 Å². The molecule has 33 heavy (non-hydrogen) atoms. The Kier molecular flexibility index (Phi) is 16.0. The van der Waals surface area contributed by atoms with Gasteiger partial charge in [-0.2, -0.15) is 0 Å². The van der Waals surface area contributed by atoms with Gasteiger partial charge in [0.2, 0.25) is 5.91 Å². The zero-order chi connectivity index (χ0) is 24.3. The molecule has 0 aromatic heterocycles. The number of thioether (sulfide) groups is 1. The van der Waals surface area contributed by atoms with Crippen molar-refractivity contribution in [1.29, 1.82) is 0 Å². The van der Waals surface area contributed by atoms with Gasteiger partial charge in [0.15, 0.2) is 0 Å². The third kappa shape index (κ3) is 16.1. The highest BCUT2D eigenvalue weighted by Crippen LogP contribution is 2.26. The van der Waals surface area contributed by atoms with Gasteiger partial charge in [-0.15, -0.1) is 10.1 Å². The fourth-order valence-electron chi connectivity index (χ4n) is 3.12. The van der Waals surface area contributed by atoms with Crippen LogP contribution in [0.25, 0.3) is 0 Å². The number of benzene rings is 1. The summed E-state index contributed by atoms with van der Waals surface area (Å²) in [5.74, 6) is 2.17. The maximum Gasteiger partial charge on any atom is 0.294 e. The first-order valence-corrected chi connectivity index (χ1v) is 12.7. The first-order valence-electron chi connectivity index (χ1n) is 11.2. The molecule has 0 bridgehead atoms. The summed E-state index contributed by atoms with van der Waals surface area (Å²) in [5.41, 5.74) is 0. The number of carbonyl (C=O) groups excluding carboxylic acids is 1. The Morgan fingerprint density at radius 1 is 1.39 bits per heavy atom. The molecule has 1 saturated carbocycles. The summed E-state index contributed by atoms with van der Waals surface area (Å²) in [6, 6.07) is 7.16. The standard InChI is InChI=1S/C14H17ClOS.C10H18N2O4/c15-13-6-3-7-14(10-13)16-11-17-9-8-12-4-1-2-5-12;1-3-4-5-6-7-10(13)11-9(2)8-16-12(14)15/h3,6-10,12H,1-2,4-5,11H2;3-4,9H,5-8H2,1-2H3,(H,11,13)/b9-8+;4-3-. The van der Waals surface area contributed by atoms with Crippen LogP contribution < -0.4 is 10.1 Å². The first kappa shape index (κ1) is 28.8. The smallest absolute Gasteiger partial charge is 0.294 e. The number of ether oxygens (including phenoxy) is 1. The summed E-state index contributed by atoms with van der Waals surface area (Å²) >= 11 is 7.57. The molecule has 0 heterocycles. The number of unbranched alkanes of at least 4 members (excludes halogenated alkanes) is 1. The van der Waals surface area contributed by atoms with Crippen molar-refractivity contribution in [3.8, 4) is 5.75 Å². The lowest BCUT2D eigenvalue weighted by Crippen LogP contribution is -2.36. The molecule has 1 fully saturated rings. The summed E-state index contributed by atoms with van der Waals surface area (Å²) in [7, 11) is 0. The molecule has 184 valence electrons. The van der Waals surface area contributed by atoms with Crippen molar-refractivity contribution < 1.29 is 19.5 Å². The lowest BCUT2D eigenvalue weighted by molar-refractivity contribution is -0.758. The predicted molar refractivity (Wildman–Crippen MR) is 135 cm³/mol. The molecule has 0 spiro atoms. The van der Waals surface area contributed by atoms with Crippen LogP contribution in [0.2, 0.25) is 5.02 Å². The minimum atomic E-state index is -0.866. The van der Waals surface area contributed by atoms with Crippen LogP contribution in [0.4, 0.5) is 0 Å². The molecule has 1 aromatic rings. The second-order valence-corrected chi connectivity index (χ2v) is 8.99. The number of rotatable bonds is 13. The SMILES string of the molecule is C/C=C\CCCC(=O)NC(C)CO[N+](=O)[O-].Clc1cccc(OCS/C=C/C2CCCC2)c1. The minimum Gasteiger partial charge on any atom is -0.483 e. The molecule has 1 aliphatic carbocycles. The summed E-state index contributed by atoms with van der Waals surface area (Å²) < 4.78 is 5.58. The van der Waals surface area contributed by atoms with Gasteiger partial charge in [-0.3, -0.25) is 4.79 Å². The number of allylic oxidation sites excluding steroid dienone is 3. The van der Waals surface area contributed by atoms with E-state index in [1.54, 1.807) is 18.7 Å². The van der Waals surface area contributed by atoms with Crippen molar-refractivity contribution in [2.75, 3.05) is 12.5 Å². The Bertz CT molecular complexity index is 754. The highest BCUT2D eigenvalue weighted by Gasteiger charge is 2.11. The Morgan fingerprint density at radius 2 is 2.15 bits per heavy atom. The van der Waals surface area contributed by atoms with E-state index in [9.17, 15) is 14.9 Å². The molecule has 1 aliphatic rings. The van der Waals surface area contributed by atoms with Gasteiger partial charge in [-0.25, -0.2) is 0 Å². The van der Waals surface area contributed by atoms with E-state index in [4.69, 9.17) is 16.3 Å². The number of hydrogen-bond acceptors (Lipinski definition) is 6. The van der Waals surface area contributed by atoms with Crippen LogP contribution in [0.1, 0.15) is 58.8 Å². The summed E-state index contributed by atoms with van der Waals surface area (Å²) in [6.07, 6.45) is 13.8. The molecule has 7 nitrogen and oxygen atoms in total. The van der Waals surface area contributed by atoms with Gasteiger partial charge in [-0.05, 0) is 69.1 Å². The van der Waals surface area contributed by atoms with Gasteiger partial charge in [0, 0.05) is 17.5 Å². The van der Waals surface area contributed by atoms with Crippen molar-refractivity contribution >= 4 is 29.3 Å². The molecule has 2 rings (SSSR count). The average Bonchev–Trinajstić information content (AvgIpc) is 3.29. The highest BCUT2D eigenvalue weighted by atomic mass is 35.5. The third-order valence-electron chi connectivity index (χ3n) is 4.78. The average molecular weight is 499 g/mol. The molecule has 0 aliphatic heterocycles. The zero-order valence-electron chi connectivity index (χ0n) is 19.4. The van der Waals surface area contributed by atoms with Crippen molar-refractivity contribution in [2.45, 2.75) is 64.8 Å². The number of amides is 1. The largest absolute Gasteiger partial charge is 0.483 e. The number of carbonyl (C=O) groups is 1. The molecule has 9 heteroatoms. The molecule has 1 unspecified atom stereocenters. The van der Waals surface area contributed by atoms with Crippen LogP contribution >= 0.6 is 23.4 Å². The lowest BCUT2D eigenvalue weighted by atomic mass is 10.1. The normalized spacial score (nSPS) is 14.6. The molecular weight excluding hydrogens is 464 g/mol. The summed E-state index contributed by atoms with van der Waals surface area (Å²) in [5, 5.41) is 14.5. The Hall–Kier alpha value is -2.19.